The molecule has 1 atom stereocenters. The molecule has 0 amide bonds. The molecule has 0 radical (unpaired) electrons. The van der Waals surface area contributed by atoms with Gasteiger partial charge in [-0.3, -0.25) is 10.1 Å². The van der Waals surface area contributed by atoms with Crippen LogP contribution in [0.4, 0.5) is 5.95 Å². The minimum Gasteiger partial charge on any atom is -0.337 e. The second-order valence-corrected chi connectivity index (χ2v) is 5.20. The summed E-state index contributed by atoms with van der Waals surface area (Å²) in [6.45, 7) is 5.08. The fourth-order valence-electron chi connectivity index (χ4n) is 2.44. The third-order valence-corrected chi connectivity index (χ3v) is 3.52. The zero-order valence-corrected chi connectivity index (χ0v) is 11.7. The van der Waals surface area contributed by atoms with E-state index in [1.54, 1.807) is 0 Å². The Morgan fingerprint density at radius 3 is 3.10 bits per heavy atom. The van der Waals surface area contributed by atoms with Gasteiger partial charge in [-0.15, -0.1) is 5.10 Å². The third-order valence-electron chi connectivity index (χ3n) is 3.52. The Morgan fingerprint density at radius 1 is 1.35 bits per heavy atom. The maximum absolute atomic E-state index is 4.59. The predicted molar refractivity (Wildman–Crippen MR) is 77.7 cm³/mol. The van der Waals surface area contributed by atoms with Gasteiger partial charge in [-0.25, -0.2) is 0 Å². The molecular formula is C14H20N6. The highest BCUT2D eigenvalue weighted by molar-refractivity contribution is 5.30. The molecule has 0 spiro atoms. The van der Waals surface area contributed by atoms with Crippen LogP contribution in [0.3, 0.4) is 0 Å². The zero-order valence-electron chi connectivity index (χ0n) is 11.7. The molecule has 6 nitrogen and oxygen atoms in total. The molecule has 0 unspecified atom stereocenters. The highest BCUT2D eigenvalue weighted by Crippen LogP contribution is 2.11. The Kier molecular flexibility index (Phi) is 3.92. The van der Waals surface area contributed by atoms with E-state index >= 15 is 0 Å². The molecule has 0 saturated carbocycles. The molecule has 1 saturated heterocycles. The first kappa shape index (κ1) is 13.1. The van der Waals surface area contributed by atoms with E-state index in [1.807, 2.05) is 24.4 Å². The van der Waals surface area contributed by atoms with Gasteiger partial charge in [-0.2, -0.15) is 4.98 Å². The summed E-state index contributed by atoms with van der Waals surface area (Å²) in [7, 11) is 0. The lowest BCUT2D eigenvalue weighted by Crippen LogP contribution is -2.49. The summed E-state index contributed by atoms with van der Waals surface area (Å²) < 4.78 is 0. The molecule has 1 fully saturated rings. The lowest BCUT2D eigenvalue weighted by atomic mass is 10.2. The van der Waals surface area contributed by atoms with Crippen LogP contribution in [0.2, 0.25) is 0 Å². The van der Waals surface area contributed by atoms with Crippen molar-refractivity contribution in [3.05, 3.63) is 35.9 Å². The Labute approximate surface area is 118 Å². The van der Waals surface area contributed by atoms with Crippen molar-refractivity contribution in [3.8, 4) is 0 Å². The Hall–Kier alpha value is -1.95. The summed E-state index contributed by atoms with van der Waals surface area (Å²) in [4.78, 5) is 11.1. The molecule has 0 bridgehead atoms. The standard InChI is InChI=1S/C14H20N6/c1-11-10-20(9-8-15-11)14-17-13(18-19-14)6-5-12-4-2-3-7-16-12/h2-4,7,11,15H,5-6,8-10H2,1H3,(H,17,18,19)/t11-/m1/s1. The van der Waals surface area contributed by atoms with E-state index in [0.29, 0.717) is 6.04 Å². The van der Waals surface area contributed by atoms with E-state index in [9.17, 15) is 0 Å². The number of anilines is 1. The van der Waals surface area contributed by atoms with Gasteiger partial charge in [0.05, 0.1) is 0 Å². The van der Waals surface area contributed by atoms with Gasteiger partial charge in [0, 0.05) is 44.0 Å². The molecule has 0 aromatic carbocycles. The number of H-pyrrole nitrogens is 1. The molecule has 2 aromatic heterocycles. The molecule has 106 valence electrons. The number of hydrogen-bond acceptors (Lipinski definition) is 5. The predicted octanol–water partition coefficient (Wildman–Crippen LogP) is 0.783. The summed E-state index contributed by atoms with van der Waals surface area (Å²) in [5, 5.41) is 10.8. The van der Waals surface area contributed by atoms with Crippen LogP contribution in [0.1, 0.15) is 18.4 Å². The molecule has 2 aromatic rings. The van der Waals surface area contributed by atoms with Gasteiger partial charge in [0.2, 0.25) is 5.95 Å². The second-order valence-electron chi connectivity index (χ2n) is 5.20. The maximum Gasteiger partial charge on any atom is 0.244 e. The lowest BCUT2D eigenvalue weighted by Gasteiger charge is -2.30. The fraction of sp³-hybridized carbons (Fsp3) is 0.500. The zero-order chi connectivity index (χ0) is 13.8. The van der Waals surface area contributed by atoms with Crippen LogP contribution in [0.25, 0.3) is 0 Å². The molecular weight excluding hydrogens is 252 g/mol. The number of hydrogen-bond donors (Lipinski definition) is 2. The van der Waals surface area contributed by atoms with Gasteiger partial charge >= 0.3 is 0 Å². The lowest BCUT2D eigenvalue weighted by molar-refractivity contribution is 0.479. The first-order valence-corrected chi connectivity index (χ1v) is 7.11. The molecule has 2 N–H and O–H groups in total. The van der Waals surface area contributed by atoms with Crippen molar-refractivity contribution in [2.45, 2.75) is 25.8 Å². The van der Waals surface area contributed by atoms with Crippen LogP contribution in [0, 0.1) is 0 Å². The van der Waals surface area contributed by atoms with Crippen molar-refractivity contribution >= 4 is 5.95 Å². The highest BCUT2D eigenvalue weighted by atomic mass is 15.4. The van der Waals surface area contributed by atoms with Gasteiger partial charge in [-0.05, 0) is 25.5 Å². The Bertz CT molecular complexity index is 538. The molecule has 3 heterocycles. The number of rotatable bonds is 4. The smallest absolute Gasteiger partial charge is 0.244 e. The van der Waals surface area contributed by atoms with Crippen LogP contribution in [0.15, 0.2) is 24.4 Å². The van der Waals surface area contributed by atoms with Crippen molar-refractivity contribution in [1.82, 2.24) is 25.5 Å². The average molecular weight is 272 g/mol. The highest BCUT2D eigenvalue weighted by Gasteiger charge is 2.19. The van der Waals surface area contributed by atoms with E-state index in [2.05, 4.69) is 37.3 Å². The number of pyridine rings is 1. The summed E-state index contributed by atoms with van der Waals surface area (Å²) >= 11 is 0. The summed E-state index contributed by atoms with van der Waals surface area (Å²) in [5.41, 5.74) is 1.08. The minimum absolute atomic E-state index is 0.485. The first-order chi connectivity index (χ1) is 9.81. The van der Waals surface area contributed by atoms with Crippen LogP contribution in [0.5, 0.6) is 0 Å². The van der Waals surface area contributed by atoms with Crippen LogP contribution in [-0.2, 0) is 12.8 Å². The van der Waals surface area contributed by atoms with Crippen molar-refractivity contribution in [1.29, 1.82) is 0 Å². The van der Waals surface area contributed by atoms with E-state index in [4.69, 9.17) is 0 Å². The van der Waals surface area contributed by atoms with E-state index in [0.717, 1.165) is 49.9 Å². The topological polar surface area (TPSA) is 69.7 Å². The molecule has 1 aliphatic heterocycles. The van der Waals surface area contributed by atoms with Gasteiger partial charge < -0.3 is 10.2 Å². The van der Waals surface area contributed by atoms with Crippen molar-refractivity contribution in [2.75, 3.05) is 24.5 Å². The minimum atomic E-state index is 0.485. The van der Waals surface area contributed by atoms with Crippen molar-refractivity contribution in [3.63, 3.8) is 0 Å². The van der Waals surface area contributed by atoms with Gasteiger partial charge in [0.15, 0.2) is 0 Å². The van der Waals surface area contributed by atoms with Crippen molar-refractivity contribution in [2.24, 2.45) is 0 Å². The summed E-state index contributed by atoms with van der Waals surface area (Å²) in [6, 6.07) is 6.46. The van der Waals surface area contributed by atoms with Crippen LogP contribution < -0.4 is 10.2 Å². The first-order valence-electron chi connectivity index (χ1n) is 7.11. The SMILES string of the molecule is C[C@@H]1CN(c2n[nH]c(CCc3ccccn3)n2)CCN1. The molecule has 20 heavy (non-hydrogen) atoms. The molecule has 0 aliphatic carbocycles. The van der Waals surface area contributed by atoms with Crippen LogP contribution >= 0.6 is 0 Å². The normalized spacial score (nSPS) is 19.2. The molecule has 3 rings (SSSR count). The average Bonchev–Trinajstić information content (AvgIpc) is 2.95. The maximum atomic E-state index is 4.59. The summed E-state index contributed by atoms with van der Waals surface area (Å²) in [5.74, 6) is 1.74. The third kappa shape index (κ3) is 3.14. The van der Waals surface area contributed by atoms with Gasteiger partial charge in [0.25, 0.3) is 0 Å². The van der Waals surface area contributed by atoms with Gasteiger partial charge in [0.1, 0.15) is 5.82 Å². The number of aromatic amines is 1. The van der Waals surface area contributed by atoms with E-state index < -0.39 is 0 Å². The fourth-order valence-corrected chi connectivity index (χ4v) is 2.44. The quantitative estimate of drug-likeness (QED) is 0.861. The summed E-state index contributed by atoms with van der Waals surface area (Å²) in [6.07, 6.45) is 3.54. The monoisotopic (exact) mass is 272 g/mol. The molecule has 6 heteroatoms. The Morgan fingerprint density at radius 2 is 2.30 bits per heavy atom. The van der Waals surface area contributed by atoms with E-state index in [-0.39, 0.29) is 0 Å². The number of aromatic nitrogens is 4. The Balaban J connectivity index is 1.59. The number of nitrogens with zero attached hydrogens (tertiary/aromatic N) is 4. The van der Waals surface area contributed by atoms with Gasteiger partial charge in [-0.1, -0.05) is 6.07 Å². The molecule has 1 aliphatic rings. The van der Waals surface area contributed by atoms with Crippen molar-refractivity contribution < 1.29 is 0 Å². The van der Waals surface area contributed by atoms with E-state index in [1.165, 1.54) is 0 Å². The van der Waals surface area contributed by atoms with Crippen LogP contribution in [-0.4, -0.2) is 45.8 Å². The number of nitrogens with one attached hydrogen (secondary N) is 2. The largest absolute Gasteiger partial charge is 0.337 e. The number of aryl methyl sites for hydroxylation is 2. The number of piperazine rings is 1. The second kappa shape index (κ2) is 6.00.